The van der Waals surface area contributed by atoms with Gasteiger partial charge in [0.25, 0.3) is 0 Å². The van der Waals surface area contributed by atoms with Crippen LogP contribution in [0.4, 0.5) is 13.2 Å². The zero-order chi connectivity index (χ0) is 14.6. The van der Waals surface area contributed by atoms with Gasteiger partial charge in [-0.1, -0.05) is 61.6 Å². The lowest BCUT2D eigenvalue weighted by Gasteiger charge is -2.39. The van der Waals surface area contributed by atoms with Gasteiger partial charge in [-0.05, 0) is 24.3 Å². The Morgan fingerprint density at radius 2 is 1.80 bits per heavy atom. The molecule has 0 aromatic heterocycles. The van der Waals surface area contributed by atoms with E-state index >= 15 is 0 Å². The molecule has 2 atom stereocenters. The molecule has 1 aliphatic rings. The van der Waals surface area contributed by atoms with Crippen LogP contribution >= 0.6 is 0 Å². The topological polar surface area (TPSA) is 0 Å². The smallest absolute Gasteiger partial charge is 0.171 e. The lowest BCUT2D eigenvalue weighted by Crippen LogP contribution is -2.33. The predicted octanol–water partition coefficient (Wildman–Crippen LogP) is 5.42. The molecule has 0 heterocycles. The molecule has 0 spiro atoms. The van der Waals surface area contributed by atoms with E-state index < -0.39 is 12.6 Å². The van der Waals surface area contributed by atoms with Crippen LogP contribution in [0.1, 0.15) is 31.7 Å². The number of benzene rings is 1. The van der Waals surface area contributed by atoms with Crippen molar-refractivity contribution < 1.29 is 13.2 Å². The highest BCUT2D eigenvalue weighted by molar-refractivity contribution is 5.37. The number of rotatable bonds is 4. The van der Waals surface area contributed by atoms with Crippen LogP contribution in [-0.2, 0) is 5.41 Å². The lowest BCUT2D eigenvalue weighted by atomic mass is 9.65. The zero-order valence-corrected chi connectivity index (χ0v) is 11.5. The summed E-state index contributed by atoms with van der Waals surface area (Å²) < 4.78 is 37.6. The number of alkyl halides is 3. The first-order valence-electron chi connectivity index (χ1n) is 6.96. The summed E-state index contributed by atoms with van der Waals surface area (Å²) in [4.78, 5) is 0. The Balaban J connectivity index is 2.29. The molecule has 0 radical (unpaired) electrons. The second-order valence-corrected chi connectivity index (χ2v) is 5.26. The predicted molar refractivity (Wildman–Crippen MR) is 75.5 cm³/mol. The molecule has 0 nitrogen and oxygen atoms in total. The monoisotopic (exact) mass is 280 g/mol. The van der Waals surface area contributed by atoms with Crippen LogP contribution in [0.15, 0.2) is 54.6 Å². The molecule has 0 amide bonds. The van der Waals surface area contributed by atoms with Crippen LogP contribution in [0.25, 0.3) is 0 Å². The Morgan fingerprint density at radius 3 is 2.40 bits per heavy atom. The summed E-state index contributed by atoms with van der Waals surface area (Å²) in [7, 11) is 0. The molecule has 1 aromatic rings. The summed E-state index contributed by atoms with van der Waals surface area (Å²) in [5.41, 5.74) is 0.775. The maximum absolute atomic E-state index is 12.5. The first-order chi connectivity index (χ1) is 9.48. The fourth-order valence-electron chi connectivity index (χ4n) is 3.04. The van der Waals surface area contributed by atoms with Gasteiger partial charge in [-0.3, -0.25) is 0 Å². The van der Waals surface area contributed by atoms with Crippen LogP contribution in [0, 0.1) is 5.92 Å². The highest BCUT2D eigenvalue weighted by Gasteiger charge is 2.38. The third-order valence-electron chi connectivity index (χ3n) is 4.14. The van der Waals surface area contributed by atoms with Crippen LogP contribution in [0.2, 0.25) is 0 Å². The van der Waals surface area contributed by atoms with E-state index in [0.29, 0.717) is 0 Å². The zero-order valence-electron chi connectivity index (χ0n) is 11.5. The van der Waals surface area contributed by atoms with Crippen molar-refractivity contribution in [3.05, 3.63) is 60.2 Å². The fourth-order valence-corrected chi connectivity index (χ4v) is 3.04. The maximum Gasteiger partial charge on any atom is 0.389 e. The molecular formula is C17H19F3. The average Bonchev–Trinajstić information content (AvgIpc) is 2.45. The van der Waals surface area contributed by atoms with Gasteiger partial charge in [0.2, 0.25) is 0 Å². The van der Waals surface area contributed by atoms with Crippen molar-refractivity contribution in [3.8, 4) is 0 Å². The third kappa shape index (κ3) is 3.14. The highest BCUT2D eigenvalue weighted by Crippen LogP contribution is 2.43. The van der Waals surface area contributed by atoms with E-state index in [1.807, 2.05) is 55.5 Å². The Labute approximate surface area is 118 Å². The van der Waals surface area contributed by atoms with Gasteiger partial charge in [0.15, 0.2) is 0 Å². The van der Waals surface area contributed by atoms with Gasteiger partial charge in [-0.25, -0.2) is 0 Å². The molecule has 1 aliphatic carbocycles. The van der Waals surface area contributed by atoms with Crippen LogP contribution in [0.3, 0.4) is 0 Å². The molecule has 0 aliphatic heterocycles. The average molecular weight is 280 g/mol. The van der Waals surface area contributed by atoms with Gasteiger partial charge in [-0.2, -0.15) is 13.2 Å². The highest BCUT2D eigenvalue weighted by atomic mass is 19.4. The van der Waals surface area contributed by atoms with Gasteiger partial charge < -0.3 is 0 Å². The van der Waals surface area contributed by atoms with Crippen molar-refractivity contribution in [1.82, 2.24) is 0 Å². The molecule has 0 saturated carbocycles. The molecule has 1 aromatic carbocycles. The van der Waals surface area contributed by atoms with Crippen molar-refractivity contribution in [3.63, 3.8) is 0 Å². The number of allylic oxidation sites excluding steroid dienone is 4. The number of halogens is 3. The van der Waals surface area contributed by atoms with E-state index in [1.165, 1.54) is 0 Å². The minimum absolute atomic E-state index is 0.110. The number of hydrogen-bond acceptors (Lipinski definition) is 0. The molecule has 2 unspecified atom stereocenters. The molecule has 0 fully saturated rings. The van der Waals surface area contributed by atoms with E-state index in [1.54, 1.807) is 0 Å². The van der Waals surface area contributed by atoms with Gasteiger partial charge >= 0.3 is 6.18 Å². The Morgan fingerprint density at radius 1 is 1.10 bits per heavy atom. The third-order valence-corrected chi connectivity index (χ3v) is 4.14. The number of hydrogen-bond donors (Lipinski definition) is 0. The Kier molecular flexibility index (Phi) is 4.36. The largest absolute Gasteiger partial charge is 0.389 e. The molecule has 0 N–H and O–H groups in total. The summed E-state index contributed by atoms with van der Waals surface area (Å²) in [6.45, 7) is 2.04. The second-order valence-electron chi connectivity index (χ2n) is 5.26. The minimum Gasteiger partial charge on any atom is -0.171 e. The Bertz CT molecular complexity index is 485. The fraction of sp³-hybridized carbons (Fsp3) is 0.412. The summed E-state index contributed by atoms with van der Waals surface area (Å²) in [6.07, 6.45) is 3.88. The quantitative estimate of drug-likeness (QED) is 0.691. The molecule has 2 rings (SSSR count). The minimum atomic E-state index is -4.09. The molecule has 108 valence electrons. The molecule has 0 bridgehead atoms. The molecule has 0 saturated heterocycles. The van der Waals surface area contributed by atoms with Gasteiger partial charge in [-0.15, -0.1) is 0 Å². The maximum atomic E-state index is 12.5. The van der Waals surface area contributed by atoms with Crippen molar-refractivity contribution in [2.75, 3.05) is 0 Å². The summed E-state index contributed by atoms with van der Waals surface area (Å²) in [5, 5.41) is 0. The van der Waals surface area contributed by atoms with E-state index in [9.17, 15) is 13.2 Å². The standard InChI is InChI=1S/C17H19F3/c1-2-16(14-8-4-3-5-9-14)12-7-6-10-15(16)11-13-17(18,19)20/h3-10,12,15H,2,11,13H2,1H3. The van der Waals surface area contributed by atoms with Crippen molar-refractivity contribution in [2.24, 2.45) is 5.92 Å². The lowest BCUT2D eigenvalue weighted by molar-refractivity contribution is -0.137. The van der Waals surface area contributed by atoms with Crippen molar-refractivity contribution in [2.45, 2.75) is 37.8 Å². The normalized spacial score (nSPS) is 25.9. The second kappa shape index (κ2) is 5.86. The SMILES string of the molecule is CCC1(c2ccccc2)C=CC=CC1CCC(F)(F)F. The van der Waals surface area contributed by atoms with E-state index in [4.69, 9.17) is 0 Å². The van der Waals surface area contributed by atoms with E-state index in [0.717, 1.165) is 12.0 Å². The summed E-state index contributed by atoms with van der Waals surface area (Å²) in [5.74, 6) is -0.110. The molecule has 3 heteroatoms. The molecule has 20 heavy (non-hydrogen) atoms. The Hall–Kier alpha value is -1.51. The van der Waals surface area contributed by atoms with Crippen LogP contribution in [-0.4, -0.2) is 6.18 Å². The van der Waals surface area contributed by atoms with E-state index in [-0.39, 0.29) is 17.8 Å². The first kappa shape index (κ1) is 14.9. The van der Waals surface area contributed by atoms with E-state index in [2.05, 4.69) is 6.08 Å². The molecular weight excluding hydrogens is 261 g/mol. The van der Waals surface area contributed by atoms with Crippen molar-refractivity contribution in [1.29, 1.82) is 0 Å². The van der Waals surface area contributed by atoms with Gasteiger partial charge in [0.05, 0.1) is 0 Å². The van der Waals surface area contributed by atoms with Gasteiger partial charge in [0, 0.05) is 11.8 Å². The van der Waals surface area contributed by atoms with Gasteiger partial charge in [0.1, 0.15) is 0 Å². The first-order valence-corrected chi connectivity index (χ1v) is 6.96. The van der Waals surface area contributed by atoms with Crippen molar-refractivity contribution >= 4 is 0 Å². The van der Waals surface area contributed by atoms with Crippen LogP contribution < -0.4 is 0 Å². The van der Waals surface area contributed by atoms with Crippen LogP contribution in [0.5, 0.6) is 0 Å². The summed E-state index contributed by atoms with van der Waals surface area (Å²) in [6, 6.07) is 9.83. The summed E-state index contributed by atoms with van der Waals surface area (Å²) >= 11 is 0.